The zero-order valence-corrected chi connectivity index (χ0v) is 10.1. The van der Waals surface area contributed by atoms with Gasteiger partial charge in [0, 0.05) is 5.41 Å². The molecule has 0 aliphatic heterocycles. The molecule has 1 saturated carbocycles. The molecule has 92 valence electrons. The number of carbonyl (C=O) groups is 1. The fourth-order valence-corrected chi connectivity index (χ4v) is 2.80. The van der Waals surface area contributed by atoms with Crippen molar-refractivity contribution in [3.63, 3.8) is 0 Å². The van der Waals surface area contributed by atoms with Crippen LogP contribution in [0.25, 0.3) is 0 Å². The van der Waals surface area contributed by atoms with Crippen LogP contribution in [0.4, 0.5) is 0 Å². The number of carboxylic acid groups (broad SMARTS) is 1. The second-order valence-electron chi connectivity index (χ2n) is 4.60. The van der Waals surface area contributed by atoms with Gasteiger partial charge in [-0.05, 0) is 37.0 Å². The summed E-state index contributed by atoms with van der Waals surface area (Å²) in [5.41, 5.74) is 0.888. The van der Waals surface area contributed by atoms with E-state index >= 15 is 0 Å². The van der Waals surface area contributed by atoms with Gasteiger partial charge in [0.15, 0.2) is 11.5 Å². The van der Waals surface area contributed by atoms with Gasteiger partial charge >= 0.3 is 5.97 Å². The SMILES string of the molecule is Cc1cc(O)c(O)c(Cl)c1C1(CC(=O)O)CC1. The molecule has 4 nitrogen and oxygen atoms in total. The highest BCUT2D eigenvalue weighted by molar-refractivity contribution is 6.33. The minimum Gasteiger partial charge on any atom is -0.504 e. The van der Waals surface area contributed by atoms with Gasteiger partial charge in [-0.15, -0.1) is 0 Å². The van der Waals surface area contributed by atoms with Crippen LogP contribution in [0, 0.1) is 6.92 Å². The number of hydrogen-bond acceptors (Lipinski definition) is 3. The second kappa shape index (κ2) is 3.81. The molecule has 0 amide bonds. The monoisotopic (exact) mass is 256 g/mol. The van der Waals surface area contributed by atoms with Gasteiger partial charge in [0.25, 0.3) is 0 Å². The summed E-state index contributed by atoms with van der Waals surface area (Å²) in [4.78, 5) is 10.8. The maximum absolute atomic E-state index is 10.8. The molecular weight excluding hydrogens is 244 g/mol. The Morgan fingerprint density at radius 1 is 1.47 bits per heavy atom. The Balaban J connectivity index is 2.53. The van der Waals surface area contributed by atoms with Crippen LogP contribution in [0.2, 0.25) is 5.02 Å². The highest BCUT2D eigenvalue weighted by Gasteiger charge is 2.48. The van der Waals surface area contributed by atoms with Crippen LogP contribution in [0.15, 0.2) is 6.07 Å². The minimum absolute atomic E-state index is 0.00221. The fraction of sp³-hybridized carbons (Fsp3) is 0.417. The molecule has 17 heavy (non-hydrogen) atoms. The molecule has 0 bridgehead atoms. The molecule has 1 aromatic carbocycles. The van der Waals surface area contributed by atoms with Gasteiger partial charge in [0.1, 0.15) is 0 Å². The average Bonchev–Trinajstić information content (AvgIpc) is 2.94. The van der Waals surface area contributed by atoms with Crippen LogP contribution >= 0.6 is 11.6 Å². The molecule has 0 unspecified atom stereocenters. The van der Waals surface area contributed by atoms with E-state index in [1.54, 1.807) is 6.92 Å². The van der Waals surface area contributed by atoms with Gasteiger partial charge < -0.3 is 15.3 Å². The Hall–Kier alpha value is -1.42. The van der Waals surface area contributed by atoms with Crippen molar-refractivity contribution in [3.05, 3.63) is 22.2 Å². The van der Waals surface area contributed by atoms with Crippen molar-refractivity contribution in [2.45, 2.75) is 31.6 Å². The molecule has 1 aromatic rings. The van der Waals surface area contributed by atoms with Crippen LogP contribution in [-0.2, 0) is 10.2 Å². The van der Waals surface area contributed by atoms with E-state index in [1.807, 2.05) is 0 Å². The van der Waals surface area contributed by atoms with Crippen LogP contribution in [0.5, 0.6) is 11.5 Å². The molecule has 1 fully saturated rings. The van der Waals surface area contributed by atoms with Gasteiger partial charge in [0.05, 0.1) is 11.4 Å². The number of hydrogen-bond donors (Lipinski definition) is 3. The Bertz CT molecular complexity index is 492. The number of aliphatic carboxylic acids is 1. The molecule has 3 N–H and O–H groups in total. The van der Waals surface area contributed by atoms with Gasteiger partial charge in [-0.1, -0.05) is 11.6 Å². The van der Waals surface area contributed by atoms with Crippen molar-refractivity contribution >= 4 is 17.6 Å². The first-order valence-electron chi connectivity index (χ1n) is 5.31. The summed E-state index contributed by atoms with van der Waals surface area (Å²) in [6.07, 6.45) is 1.48. The van der Waals surface area contributed by atoms with Crippen molar-refractivity contribution in [2.75, 3.05) is 0 Å². The molecule has 0 atom stereocenters. The fourth-order valence-electron chi connectivity index (χ4n) is 2.36. The van der Waals surface area contributed by atoms with E-state index in [0.29, 0.717) is 11.1 Å². The highest BCUT2D eigenvalue weighted by Crippen LogP contribution is 2.56. The van der Waals surface area contributed by atoms with Crippen LogP contribution in [0.3, 0.4) is 0 Å². The molecule has 2 rings (SSSR count). The number of phenols is 2. The number of carboxylic acids is 1. The number of phenolic OH excluding ortho intramolecular Hbond substituents is 2. The quantitative estimate of drug-likeness (QED) is 0.727. The average molecular weight is 257 g/mol. The summed E-state index contributed by atoms with van der Waals surface area (Å²) in [6, 6.07) is 1.42. The molecule has 0 saturated heterocycles. The number of rotatable bonds is 3. The van der Waals surface area contributed by atoms with Gasteiger partial charge in [-0.2, -0.15) is 0 Å². The number of benzene rings is 1. The zero-order chi connectivity index (χ0) is 12.8. The summed E-state index contributed by atoms with van der Waals surface area (Å²) in [7, 11) is 0. The standard InChI is InChI=1S/C12H13ClO4/c1-6-4-7(14)11(17)10(13)9(6)12(2-3-12)5-8(15)16/h4,14,17H,2-3,5H2,1H3,(H,15,16). The maximum atomic E-state index is 10.8. The van der Waals surface area contributed by atoms with E-state index in [0.717, 1.165) is 12.8 Å². The number of aryl methyl sites for hydroxylation is 1. The summed E-state index contributed by atoms with van der Waals surface area (Å²) in [5, 5.41) is 28.0. The molecule has 0 spiro atoms. The van der Waals surface area contributed by atoms with Crippen molar-refractivity contribution in [3.8, 4) is 11.5 Å². The Morgan fingerprint density at radius 2 is 2.06 bits per heavy atom. The van der Waals surface area contributed by atoms with E-state index in [-0.39, 0.29) is 22.9 Å². The third kappa shape index (κ3) is 1.93. The minimum atomic E-state index is -0.884. The molecule has 1 aliphatic rings. The first kappa shape index (κ1) is 12.0. The normalized spacial score (nSPS) is 16.8. The van der Waals surface area contributed by atoms with E-state index in [9.17, 15) is 15.0 Å². The van der Waals surface area contributed by atoms with Crippen molar-refractivity contribution in [1.29, 1.82) is 0 Å². The summed E-state index contributed by atoms with van der Waals surface area (Å²) in [5.74, 6) is -1.53. The highest BCUT2D eigenvalue weighted by atomic mass is 35.5. The lowest BCUT2D eigenvalue weighted by molar-refractivity contribution is -0.137. The lowest BCUT2D eigenvalue weighted by atomic mass is 9.88. The van der Waals surface area contributed by atoms with Crippen LogP contribution in [-0.4, -0.2) is 21.3 Å². The summed E-state index contributed by atoms with van der Waals surface area (Å²) >= 11 is 6.01. The third-order valence-electron chi connectivity index (χ3n) is 3.29. The smallest absolute Gasteiger partial charge is 0.304 e. The van der Waals surface area contributed by atoms with Crippen molar-refractivity contribution < 1.29 is 20.1 Å². The van der Waals surface area contributed by atoms with Gasteiger partial charge in [-0.3, -0.25) is 4.79 Å². The van der Waals surface area contributed by atoms with E-state index < -0.39 is 11.4 Å². The van der Waals surface area contributed by atoms with E-state index in [2.05, 4.69) is 0 Å². The first-order valence-corrected chi connectivity index (χ1v) is 5.68. The lowest BCUT2D eigenvalue weighted by Gasteiger charge is -2.19. The molecule has 5 heteroatoms. The van der Waals surface area contributed by atoms with Crippen LogP contribution < -0.4 is 0 Å². The largest absolute Gasteiger partial charge is 0.504 e. The topological polar surface area (TPSA) is 77.8 Å². The van der Waals surface area contributed by atoms with Crippen molar-refractivity contribution in [2.24, 2.45) is 0 Å². The van der Waals surface area contributed by atoms with E-state index in [1.165, 1.54) is 6.07 Å². The maximum Gasteiger partial charge on any atom is 0.304 e. The second-order valence-corrected chi connectivity index (χ2v) is 4.98. The lowest BCUT2D eigenvalue weighted by Crippen LogP contribution is -2.15. The summed E-state index contributed by atoms with van der Waals surface area (Å²) < 4.78 is 0. The first-order chi connectivity index (χ1) is 7.87. The Morgan fingerprint density at radius 3 is 2.53 bits per heavy atom. The Kier molecular flexibility index (Phi) is 2.70. The number of aromatic hydroxyl groups is 2. The zero-order valence-electron chi connectivity index (χ0n) is 9.33. The van der Waals surface area contributed by atoms with Gasteiger partial charge in [0.2, 0.25) is 0 Å². The van der Waals surface area contributed by atoms with E-state index in [4.69, 9.17) is 16.7 Å². The molecular formula is C12H13ClO4. The predicted molar refractivity (Wildman–Crippen MR) is 62.7 cm³/mol. The van der Waals surface area contributed by atoms with Crippen LogP contribution in [0.1, 0.15) is 30.4 Å². The number of halogens is 1. The summed E-state index contributed by atoms with van der Waals surface area (Å²) in [6.45, 7) is 1.75. The molecule has 1 aliphatic carbocycles. The van der Waals surface area contributed by atoms with Crippen molar-refractivity contribution in [1.82, 2.24) is 0 Å². The Labute approximate surface area is 103 Å². The molecule has 0 heterocycles. The van der Waals surface area contributed by atoms with Gasteiger partial charge in [-0.25, -0.2) is 0 Å². The predicted octanol–water partition coefficient (Wildman–Crippen LogP) is 2.57. The molecule has 0 aromatic heterocycles. The molecule has 0 radical (unpaired) electrons. The third-order valence-corrected chi connectivity index (χ3v) is 3.66.